The number of carbonyl (C=O) groups excluding carboxylic acids is 1. The van der Waals surface area contributed by atoms with Gasteiger partial charge in [-0.1, -0.05) is 12.1 Å². The van der Waals surface area contributed by atoms with Crippen molar-refractivity contribution in [3.63, 3.8) is 0 Å². The lowest BCUT2D eigenvalue weighted by molar-refractivity contribution is -0.146. The zero-order valence-electron chi connectivity index (χ0n) is 11.4. The average Bonchev–Trinajstić information content (AvgIpc) is 2.38. The molecule has 0 aromatic heterocycles. The second-order valence-electron chi connectivity index (χ2n) is 4.31. The van der Waals surface area contributed by atoms with E-state index in [-0.39, 0.29) is 0 Å². The Kier molecular flexibility index (Phi) is 5.36. The number of rotatable bonds is 6. The molecule has 0 saturated heterocycles. The first kappa shape index (κ1) is 15.0. The molecule has 0 aliphatic heterocycles. The van der Waals surface area contributed by atoms with Crippen molar-refractivity contribution in [2.45, 2.75) is 27.3 Å². The number of carboxylic acids is 1. The molecule has 0 fully saturated rings. The van der Waals surface area contributed by atoms with Crippen LogP contribution in [0.5, 0.6) is 5.75 Å². The van der Waals surface area contributed by atoms with Crippen molar-refractivity contribution in [1.29, 1.82) is 0 Å². The Bertz CT molecular complexity index is 471. The standard InChI is InChI=1S/C14H19NO4/c1-4-19-12-6-5-11(7-9(12)2)8-15-13(16)10(3)14(17)18/h5-7,10H,4,8H2,1-3H3,(H,15,16)(H,17,18). The molecule has 1 aromatic carbocycles. The van der Waals surface area contributed by atoms with E-state index in [9.17, 15) is 9.59 Å². The van der Waals surface area contributed by atoms with Gasteiger partial charge in [-0.05, 0) is 38.0 Å². The van der Waals surface area contributed by atoms with Crippen LogP contribution in [0.4, 0.5) is 0 Å². The number of amides is 1. The Hall–Kier alpha value is -2.04. The van der Waals surface area contributed by atoms with Gasteiger partial charge in [-0.25, -0.2) is 0 Å². The Morgan fingerprint density at radius 3 is 2.63 bits per heavy atom. The fourth-order valence-corrected chi connectivity index (χ4v) is 1.59. The van der Waals surface area contributed by atoms with E-state index >= 15 is 0 Å². The molecule has 5 nitrogen and oxygen atoms in total. The molecule has 2 N–H and O–H groups in total. The molecule has 0 radical (unpaired) electrons. The number of nitrogens with one attached hydrogen (secondary N) is 1. The van der Waals surface area contributed by atoms with E-state index in [0.29, 0.717) is 13.2 Å². The molecule has 1 amide bonds. The number of aryl methyl sites for hydroxylation is 1. The topological polar surface area (TPSA) is 75.6 Å². The first-order valence-corrected chi connectivity index (χ1v) is 6.18. The van der Waals surface area contributed by atoms with Crippen molar-refractivity contribution in [2.24, 2.45) is 5.92 Å². The Morgan fingerprint density at radius 2 is 2.11 bits per heavy atom. The summed E-state index contributed by atoms with van der Waals surface area (Å²) in [5.74, 6) is -1.83. The van der Waals surface area contributed by atoms with Crippen LogP contribution < -0.4 is 10.1 Å². The van der Waals surface area contributed by atoms with Crippen LogP contribution in [0.2, 0.25) is 0 Å². The highest BCUT2D eigenvalue weighted by molar-refractivity contribution is 5.96. The minimum atomic E-state index is -1.12. The van der Waals surface area contributed by atoms with E-state index in [1.165, 1.54) is 6.92 Å². The summed E-state index contributed by atoms with van der Waals surface area (Å²) >= 11 is 0. The van der Waals surface area contributed by atoms with E-state index in [2.05, 4.69) is 5.32 Å². The first-order chi connectivity index (χ1) is 8.95. The number of benzene rings is 1. The predicted molar refractivity (Wildman–Crippen MR) is 71.0 cm³/mol. The molecule has 19 heavy (non-hydrogen) atoms. The van der Waals surface area contributed by atoms with Gasteiger partial charge in [0.15, 0.2) is 0 Å². The lowest BCUT2D eigenvalue weighted by Gasteiger charge is -2.11. The second-order valence-corrected chi connectivity index (χ2v) is 4.31. The predicted octanol–water partition coefficient (Wildman–Crippen LogP) is 1.73. The third kappa shape index (κ3) is 4.28. The molecule has 0 saturated carbocycles. The summed E-state index contributed by atoms with van der Waals surface area (Å²) in [6, 6.07) is 5.61. The average molecular weight is 265 g/mol. The van der Waals surface area contributed by atoms with E-state index < -0.39 is 17.8 Å². The molecule has 0 aliphatic rings. The SMILES string of the molecule is CCOc1ccc(CNC(=O)C(C)C(=O)O)cc1C. The van der Waals surface area contributed by atoms with Crippen LogP contribution in [0.3, 0.4) is 0 Å². The van der Waals surface area contributed by atoms with E-state index in [1.807, 2.05) is 32.0 Å². The van der Waals surface area contributed by atoms with Crippen molar-refractivity contribution in [3.8, 4) is 5.75 Å². The number of hydrogen-bond donors (Lipinski definition) is 2. The monoisotopic (exact) mass is 265 g/mol. The molecule has 0 bridgehead atoms. The highest BCUT2D eigenvalue weighted by Gasteiger charge is 2.19. The number of carbonyl (C=O) groups is 2. The van der Waals surface area contributed by atoms with E-state index in [1.54, 1.807) is 0 Å². The summed E-state index contributed by atoms with van der Waals surface area (Å²) in [7, 11) is 0. The fourth-order valence-electron chi connectivity index (χ4n) is 1.59. The molecule has 1 rings (SSSR count). The first-order valence-electron chi connectivity index (χ1n) is 6.18. The highest BCUT2D eigenvalue weighted by Crippen LogP contribution is 2.19. The highest BCUT2D eigenvalue weighted by atomic mass is 16.5. The van der Waals surface area contributed by atoms with Gasteiger partial charge in [0, 0.05) is 6.54 Å². The smallest absolute Gasteiger partial charge is 0.315 e. The maximum absolute atomic E-state index is 11.5. The zero-order chi connectivity index (χ0) is 14.4. The molecule has 1 unspecified atom stereocenters. The lowest BCUT2D eigenvalue weighted by Crippen LogP contribution is -2.33. The summed E-state index contributed by atoms with van der Waals surface area (Å²) in [5, 5.41) is 11.3. The van der Waals surface area contributed by atoms with Gasteiger partial charge in [0.25, 0.3) is 0 Å². The van der Waals surface area contributed by atoms with Crippen LogP contribution in [-0.4, -0.2) is 23.6 Å². The molecule has 1 atom stereocenters. The zero-order valence-corrected chi connectivity index (χ0v) is 11.4. The molecule has 0 spiro atoms. The van der Waals surface area contributed by atoms with Crippen LogP contribution in [0.15, 0.2) is 18.2 Å². The van der Waals surface area contributed by atoms with Crippen molar-refractivity contribution < 1.29 is 19.4 Å². The molecule has 5 heteroatoms. The molecular formula is C14H19NO4. The van der Waals surface area contributed by atoms with E-state index in [0.717, 1.165) is 16.9 Å². The summed E-state index contributed by atoms with van der Waals surface area (Å²) in [6.07, 6.45) is 0. The molecule has 104 valence electrons. The Morgan fingerprint density at radius 1 is 1.42 bits per heavy atom. The van der Waals surface area contributed by atoms with Crippen LogP contribution in [0.25, 0.3) is 0 Å². The summed E-state index contributed by atoms with van der Waals surface area (Å²) in [6.45, 7) is 6.12. The van der Waals surface area contributed by atoms with Crippen LogP contribution in [-0.2, 0) is 16.1 Å². The number of aliphatic carboxylic acids is 1. The minimum Gasteiger partial charge on any atom is -0.494 e. The molecule has 0 heterocycles. The van der Waals surface area contributed by atoms with Crippen LogP contribution in [0, 0.1) is 12.8 Å². The van der Waals surface area contributed by atoms with Gasteiger partial charge in [0.1, 0.15) is 11.7 Å². The van der Waals surface area contributed by atoms with Gasteiger partial charge in [-0.2, -0.15) is 0 Å². The normalized spacial score (nSPS) is 11.7. The number of carboxylic acid groups (broad SMARTS) is 1. The maximum Gasteiger partial charge on any atom is 0.315 e. The van der Waals surface area contributed by atoms with Gasteiger partial charge in [-0.3, -0.25) is 9.59 Å². The largest absolute Gasteiger partial charge is 0.494 e. The number of ether oxygens (including phenoxy) is 1. The Labute approximate surface area is 112 Å². The van der Waals surface area contributed by atoms with Gasteiger partial charge >= 0.3 is 5.97 Å². The molecule has 0 aliphatic carbocycles. The van der Waals surface area contributed by atoms with Crippen molar-refractivity contribution >= 4 is 11.9 Å². The summed E-state index contributed by atoms with van der Waals surface area (Å²) in [5.41, 5.74) is 1.90. The fraction of sp³-hybridized carbons (Fsp3) is 0.429. The van der Waals surface area contributed by atoms with Crippen LogP contribution >= 0.6 is 0 Å². The third-order valence-corrected chi connectivity index (χ3v) is 2.77. The van der Waals surface area contributed by atoms with Crippen molar-refractivity contribution in [3.05, 3.63) is 29.3 Å². The minimum absolute atomic E-state index is 0.309. The van der Waals surface area contributed by atoms with Gasteiger partial charge in [0.2, 0.25) is 5.91 Å². The summed E-state index contributed by atoms with van der Waals surface area (Å²) in [4.78, 5) is 22.1. The third-order valence-electron chi connectivity index (χ3n) is 2.77. The van der Waals surface area contributed by atoms with Gasteiger partial charge < -0.3 is 15.2 Å². The van der Waals surface area contributed by atoms with Gasteiger partial charge in [-0.15, -0.1) is 0 Å². The van der Waals surface area contributed by atoms with Crippen molar-refractivity contribution in [2.75, 3.05) is 6.61 Å². The lowest BCUT2D eigenvalue weighted by atomic mass is 10.1. The van der Waals surface area contributed by atoms with E-state index in [4.69, 9.17) is 9.84 Å². The van der Waals surface area contributed by atoms with Crippen LogP contribution in [0.1, 0.15) is 25.0 Å². The quantitative estimate of drug-likeness (QED) is 0.768. The van der Waals surface area contributed by atoms with Crippen molar-refractivity contribution in [1.82, 2.24) is 5.32 Å². The second kappa shape index (κ2) is 6.78. The molecule has 1 aromatic rings. The number of hydrogen-bond acceptors (Lipinski definition) is 3. The Balaban J connectivity index is 2.61. The molecular weight excluding hydrogens is 246 g/mol. The maximum atomic E-state index is 11.5. The van der Waals surface area contributed by atoms with Gasteiger partial charge in [0.05, 0.1) is 6.61 Å². The summed E-state index contributed by atoms with van der Waals surface area (Å²) < 4.78 is 5.42.